The fraction of sp³-hybridized carbons (Fsp3) is 0.130. The smallest absolute Gasteiger partial charge is 0.418 e. The number of alkyl halides is 6. The van der Waals surface area contributed by atoms with Crippen molar-refractivity contribution in [3.8, 4) is 11.5 Å². The van der Waals surface area contributed by atoms with E-state index in [0.29, 0.717) is 34.6 Å². The van der Waals surface area contributed by atoms with E-state index in [1.54, 1.807) is 43.3 Å². The molecule has 0 aliphatic rings. The van der Waals surface area contributed by atoms with Crippen LogP contribution in [0.2, 0.25) is 0 Å². The van der Waals surface area contributed by atoms with Gasteiger partial charge in [-0.2, -0.15) is 26.3 Å². The van der Waals surface area contributed by atoms with Crippen LogP contribution in [0, 0.1) is 6.92 Å². The summed E-state index contributed by atoms with van der Waals surface area (Å²) in [4.78, 5) is 17.4. The molecule has 0 unspecified atom stereocenters. The summed E-state index contributed by atoms with van der Waals surface area (Å²) in [5.41, 5.74) is -3.23. The molecule has 2 heterocycles. The summed E-state index contributed by atoms with van der Waals surface area (Å²) >= 11 is 0. The van der Waals surface area contributed by atoms with Crippen LogP contribution >= 0.6 is 0 Å². The predicted molar refractivity (Wildman–Crippen MR) is 109 cm³/mol. The molecule has 4 rings (SSSR count). The van der Waals surface area contributed by atoms with E-state index in [2.05, 4.69) is 10.3 Å². The number of benzene rings is 2. The maximum Gasteiger partial charge on any atom is 0.418 e. The maximum atomic E-state index is 13.5. The second-order valence-electron chi connectivity index (χ2n) is 7.19. The average Bonchev–Trinajstić information content (AvgIpc) is 3.18. The van der Waals surface area contributed by atoms with Gasteiger partial charge in [0.15, 0.2) is 5.76 Å². The average molecular weight is 464 g/mol. The second-order valence-corrected chi connectivity index (χ2v) is 7.19. The Hall–Kier alpha value is -3.82. The first-order chi connectivity index (χ1) is 15.4. The van der Waals surface area contributed by atoms with Crippen molar-refractivity contribution in [2.24, 2.45) is 0 Å². The Labute approximate surface area is 182 Å². The number of amides is 1. The monoisotopic (exact) mass is 464 g/mol. The summed E-state index contributed by atoms with van der Waals surface area (Å²) in [6, 6.07) is 12.2. The van der Waals surface area contributed by atoms with E-state index in [1.165, 1.54) is 6.07 Å². The molecule has 0 radical (unpaired) electrons. The number of para-hydroxylation sites is 1. The second kappa shape index (κ2) is 7.95. The number of aromatic nitrogens is 1. The minimum atomic E-state index is -5.12. The fourth-order valence-corrected chi connectivity index (χ4v) is 3.32. The molecule has 0 atom stereocenters. The van der Waals surface area contributed by atoms with Crippen LogP contribution in [0.1, 0.15) is 27.2 Å². The van der Waals surface area contributed by atoms with Crippen molar-refractivity contribution in [2.45, 2.75) is 19.3 Å². The number of nitrogens with zero attached hydrogens (tertiary/aromatic N) is 1. The third kappa shape index (κ3) is 4.55. The maximum absolute atomic E-state index is 13.5. The molecule has 10 heteroatoms. The molecule has 0 fully saturated rings. The van der Waals surface area contributed by atoms with Gasteiger partial charge in [-0.1, -0.05) is 18.2 Å². The molecule has 33 heavy (non-hydrogen) atoms. The summed E-state index contributed by atoms with van der Waals surface area (Å²) in [6.07, 6.45) is -10.1. The first kappa shape index (κ1) is 22.4. The number of pyridine rings is 1. The van der Waals surface area contributed by atoms with Crippen molar-refractivity contribution in [1.29, 1.82) is 0 Å². The number of carbonyl (C=O) groups is 1. The Morgan fingerprint density at radius 3 is 2.27 bits per heavy atom. The molecule has 4 nitrogen and oxygen atoms in total. The van der Waals surface area contributed by atoms with E-state index in [9.17, 15) is 31.1 Å². The van der Waals surface area contributed by atoms with Crippen LogP contribution in [0.25, 0.3) is 22.4 Å². The normalized spacial score (nSPS) is 12.2. The van der Waals surface area contributed by atoms with E-state index in [1.807, 2.05) is 0 Å². The van der Waals surface area contributed by atoms with Crippen LogP contribution in [0.5, 0.6) is 0 Å². The minimum Gasteiger partial charge on any atom is -0.460 e. The Morgan fingerprint density at radius 2 is 1.64 bits per heavy atom. The molecule has 2 aromatic heterocycles. The van der Waals surface area contributed by atoms with Gasteiger partial charge in [0.2, 0.25) is 0 Å². The van der Waals surface area contributed by atoms with Gasteiger partial charge in [-0.3, -0.25) is 4.79 Å². The van der Waals surface area contributed by atoms with Gasteiger partial charge in [0, 0.05) is 5.39 Å². The summed E-state index contributed by atoms with van der Waals surface area (Å²) in [7, 11) is 0. The highest BCUT2D eigenvalue weighted by atomic mass is 19.4. The Bertz CT molecular complexity index is 1360. The molecule has 0 aliphatic carbocycles. The zero-order chi connectivity index (χ0) is 24.0. The lowest BCUT2D eigenvalue weighted by Crippen LogP contribution is -2.18. The number of aryl methyl sites for hydroxylation is 1. The molecule has 4 aromatic rings. The number of carbonyl (C=O) groups excluding carboxylic acids is 1. The van der Waals surface area contributed by atoms with Crippen molar-refractivity contribution in [2.75, 3.05) is 5.32 Å². The summed E-state index contributed by atoms with van der Waals surface area (Å²) in [5.74, 6) is -0.00765. The molecule has 170 valence electrons. The Balaban J connectivity index is 1.80. The van der Waals surface area contributed by atoms with Crippen LogP contribution in [-0.2, 0) is 12.4 Å². The third-order valence-electron chi connectivity index (χ3n) is 4.85. The number of rotatable bonds is 3. The number of nitrogens with one attached hydrogen (secondary N) is 1. The zero-order valence-corrected chi connectivity index (χ0v) is 16.8. The Morgan fingerprint density at radius 1 is 0.909 bits per heavy atom. The van der Waals surface area contributed by atoms with E-state index in [0.717, 1.165) is 0 Å². The number of hydrogen-bond acceptors (Lipinski definition) is 3. The standard InChI is InChI=1S/C23H14F6N2O2/c1-12-6-9-20(33-12)19-11-15(14-4-2-3-5-17(14)30-19)21(32)31-18-8-7-13(22(24,25)26)10-16(18)23(27,28)29/h2-11H,1H3,(H,31,32). The number of hydrogen-bond donors (Lipinski definition) is 1. The molecule has 0 saturated heterocycles. The van der Waals surface area contributed by atoms with Crippen LogP contribution in [0.4, 0.5) is 32.0 Å². The first-order valence-corrected chi connectivity index (χ1v) is 9.50. The molecular weight excluding hydrogens is 450 g/mol. The van der Waals surface area contributed by atoms with Crippen molar-refractivity contribution in [3.05, 3.63) is 83.1 Å². The Kier molecular flexibility index (Phi) is 5.39. The number of halogens is 6. The molecule has 2 aromatic carbocycles. The van der Waals surface area contributed by atoms with Gasteiger partial charge < -0.3 is 9.73 Å². The summed E-state index contributed by atoms with van der Waals surface area (Å²) < 4.78 is 84.7. The predicted octanol–water partition coefficient (Wildman–Crippen LogP) is 7.09. The zero-order valence-electron chi connectivity index (χ0n) is 16.8. The summed E-state index contributed by atoms with van der Waals surface area (Å²) in [5, 5.41) is 2.45. The molecule has 0 bridgehead atoms. The van der Waals surface area contributed by atoms with E-state index in [-0.39, 0.29) is 17.3 Å². The molecular formula is C23H14F6N2O2. The number of anilines is 1. The topological polar surface area (TPSA) is 55.1 Å². The molecule has 1 N–H and O–H groups in total. The SMILES string of the molecule is Cc1ccc(-c2cc(C(=O)Nc3ccc(C(F)(F)F)cc3C(F)(F)F)c3ccccc3n2)o1. The largest absolute Gasteiger partial charge is 0.460 e. The number of fused-ring (bicyclic) bond motifs is 1. The van der Waals surface area contributed by atoms with Crippen molar-refractivity contribution in [1.82, 2.24) is 4.98 Å². The lowest BCUT2D eigenvalue weighted by Gasteiger charge is -2.17. The van der Waals surface area contributed by atoms with E-state index < -0.39 is 35.1 Å². The minimum absolute atomic E-state index is 0.0160. The van der Waals surface area contributed by atoms with Gasteiger partial charge in [-0.25, -0.2) is 4.98 Å². The van der Waals surface area contributed by atoms with Crippen molar-refractivity contribution in [3.63, 3.8) is 0 Å². The van der Waals surface area contributed by atoms with E-state index >= 15 is 0 Å². The van der Waals surface area contributed by atoms with E-state index in [4.69, 9.17) is 4.42 Å². The summed E-state index contributed by atoms with van der Waals surface area (Å²) in [6.45, 7) is 1.71. The molecule has 1 amide bonds. The van der Waals surface area contributed by atoms with Gasteiger partial charge in [0.1, 0.15) is 11.5 Å². The van der Waals surface area contributed by atoms with Gasteiger partial charge in [-0.15, -0.1) is 0 Å². The van der Waals surface area contributed by atoms with Gasteiger partial charge in [-0.05, 0) is 49.4 Å². The highest BCUT2D eigenvalue weighted by Crippen LogP contribution is 2.39. The number of furan rings is 1. The highest BCUT2D eigenvalue weighted by Gasteiger charge is 2.38. The van der Waals surface area contributed by atoms with Gasteiger partial charge >= 0.3 is 12.4 Å². The lowest BCUT2D eigenvalue weighted by atomic mass is 10.0. The first-order valence-electron chi connectivity index (χ1n) is 9.50. The van der Waals surface area contributed by atoms with Crippen LogP contribution in [0.3, 0.4) is 0 Å². The van der Waals surface area contributed by atoms with Gasteiger partial charge in [0.25, 0.3) is 5.91 Å². The fourth-order valence-electron chi connectivity index (χ4n) is 3.32. The molecule has 0 aliphatic heterocycles. The van der Waals surface area contributed by atoms with Crippen LogP contribution in [0.15, 0.2) is 65.1 Å². The highest BCUT2D eigenvalue weighted by molar-refractivity contribution is 6.13. The third-order valence-corrected chi connectivity index (χ3v) is 4.85. The quantitative estimate of drug-likeness (QED) is 0.329. The lowest BCUT2D eigenvalue weighted by molar-refractivity contribution is -0.142. The van der Waals surface area contributed by atoms with Gasteiger partial charge in [0.05, 0.1) is 27.9 Å². The van der Waals surface area contributed by atoms with Crippen LogP contribution in [-0.4, -0.2) is 10.9 Å². The van der Waals surface area contributed by atoms with Crippen LogP contribution < -0.4 is 5.32 Å². The molecule has 0 spiro atoms. The van der Waals surface area contributed by atoms with Crippen molar-refractivity contribution < 1.29 is 35.6 Å². The van der Waals surface area contributed by atoms with Crippen molar-refractivity contribution >= 4 is 22.5 Å². The molecule has 0 saturated carbocycles.